The number of sulfonamides is 1. The number of aromatic nitrogens is 4. The van der Waals surface area contributed by atoms with Gasteiger partial charge < -0.3 is 15.0 Å². The number of anilines is 2. The summed E-state index contributed by atoms with van der Waals surface area (Å²) >= 11 is 0. The van der Waals surface area contributed by atoms with Crippen LogP contribution in [0.3, 0.4) is 0 Å². The van der Waals surface area contributed by atoms with Crippen molar-refractivity contribution in [2.45, 2.75) is 18.2 Å². The van der Waals surface area contributed by atoms with Crippen LogP contribution in [0.2, 0.25) is 0 Å². The summed E-state index contributed by atoms with van der Waals surface area (Å²) < 4.78 is 28.1. The summed E-state index contributed by atoms with van der Waals surface area (Å²) in [6, 6.07) is 5.95. The molecular weight excluding hydrogens is 332 g/mol. The van der Waals surface area contributed by atoms with Gasteiger partial charge in [0.05, 0.1) is 17.8 Å². The van der Waals surface area contributed by atoms with Crippen molar-refractivity contribution in [3.63, 3.8) is 0 Å². The first-order valence-electron chi connectivity index (χ1n) is 7.21. The predicted octanol–water partition coefficient (Wildman–Crippen LogP) is 1.53. The first-order valence-corrected chi connectivity index (χ1v) is 8.76. The molecule has 0 aliphatic heterocycles. The molecule has 1 aromatic carbocycles. The third kappa shape index (κ3) is 3.44. The van der Waals surface area contributed by atoms with E-state index in [4.69, 9.17) is 9.88 Å². The van der Waals surface area contributed by atoms with Gasteiger partial charge in [-0.25, -0.2) is 18.5 Å². The zero-order chi connectivity index (χ0) is 17.2. The lowest BCUT2D eigenvalue weighted by Crippen LogP contribution is -2.11. The smallest absolute Gasteiger partial charge is 0.245 e. The Labute approximate surface area is 138 Å². The number of nitrogens with zero attached hydrogens (tertiary/aromatic N) is 3. The molecule has 2 aromatic heterocycles. The Balaban J connectivity index is 1.89. The number of rotatable bonds is 6. The Morgan fingerprint density at radius 3 is 2.67 bits per heavy atom. The first-order chi connectivity index (χ1) is 11.5. The molecule has 0 fully saturated rings. The Morgan fingerprint density at radius 2 is 2.00 bits per heavy atom. The van der Waals surface area contributed by atoms with Crippen molar-refractivity contribution in [1.82, 2.24) is 19.9 Å². The lowest BCUT2D eigenvalue weighted by Gasteiger charge is -2.09. The molecule has 0 spiro atoms. The number of hydrogen-bond donors (Lipinski definition) is 3. The summed E-state index contributed by atoms with van der Waals surface area (Å²) in [5, 5.41) is 8.06. The van der Waals surface area contributed by atoms with E-state index in [2.05, 4.69) is 25.3 Å². The zero-order valence-electron chi connectivity index (χ0n) is 12.9. The molecule has 0 unspecified atom stereocenters. The number of imidazole rings is 1. The number of primary sulfonamides is 1. The van der Waals surface area contributed by atoms with Gasteiger partial charge in [-0.3, -0.25) is 0 Å². The van der Waals surface area contributed by atoms with Crippen molar-refractivity contribution in [2.75, 3.05) is 11.9 Å². The normalized spacial score (nSPS) is 11.6. The molecule has 2 heterocycles. The van der Waals surface area contributed by atoms with E-state index in [9.17, 15) is 8.42 Å². The fourth-order valence-electron chi connectivity index (χ4n) is 2.02. The Bertz CT molecular complexity index is 952. The van der Waals surface area contributed by atoms with Gasteiger partial charge >= 0.3 is 0 Å². The van der Waals surface area contributed by atoms with Gasteiger partial charge in [0.25, 0.3) is 0 Å². The molecule has 126 valence electrons. The standard InChI is InChI=1S/C14H16N6O3S/c1-2-7-23-13-11-12(17-8-16-11)19-14(20-13)18-9-3-5-10(6-4-9)24(15,21)22/h3-6,8H,2,7H2,1H3,(H2,15,21,22)(H2,16,17,18,19,20). The summed E-state index contributed by atoms with van der Waals surface area (Å²) in [7, 11) is -3.72. The molecule has 0 radical (unpaired) electrons. The van der Waals surface area contributed by atoms with E-state index in [-0.39, 0.29) is 4.90 Å². The van der Waals surface area contributed by atoms with E-state index in [0.29, 0.717) is 35.3 Å². The molecule has 10 heteroatoms. The molecule has 0 aliphatic carbocycles. The van der Waals surface area contributed by atoms with Gasteiger partial charge in [-0.2, -0.15) is 9.97 Å². The second kappa shape index (κ2) is 6.42. The summed E-state index contributed by atoms with van der Waals surface area (Å²) in [4.78, 5) is 15.7. The first kappa shape index (κ1) is 16.1. The topological polar surface area (TPSA) is 136 Å². The van der Waals surface area contributed by atoms with Gasteiger partial charge in [0, 0.05) is 5.69 Å². The fourth-order valence-corrected chi connectivity index (χ4v) is 2.54. The molecule has 0 amide bonds. The van der Waals surface area contributed by atoms with Crippen molar-refractivity contribution in [1.29, 1.82) is 0 Å². The number of aromatic amines is 1. The maximum Gasteiger partial charge on any atom is 0.245 e. The summed E-state index contributed by atoms with van der Waals surface area (Å²) in [6.07, 6.45) is 2.36. The molecule has 4 N–H and O–H groups in total. The predicted molar refractivity (Wildman–Crippen MR) is 88.6 cm³/mol. The van der Waals surface area contributed by atoms with Crippen LogP contribution in [0.5, 0.6) is 5.88 Å². The maximum atomic E-state index is 11.3. The molecule has 0 saturated carbocycles. The van der Waals surface area contributed by atoms with Crippen LogP contribution in [0.4, 0.5) is 11.6 Å². The van der Waals surface area contributed by atoms with Gasteiger partial charge in [-0.15, -0.1) is 0 Å². The number of hydrogen-bond acceptors (Lipinski definition) is 7. The average Bonchev–Trinajstić information content (AvgIpc) is 3.01. The monoisotopic (exact) mass is 348 g/mol. The van der Waals surface area contributed by atoms with Crippen LogP contribution in [-0.2, 0) is 10.0 Å². The van der Waals surface area contributed by atoms with Gasteiger partial charge in [-0.05, 0) is 30.7 Å². The number of fused-ring (bicyclic) bond motifs is 1. The van der Waals surface area contributed by atoms with Crippen molar-refractivity contribution in [3.05, 3.63) is 30.6 Å². The minimum absolute atomic E-state index is 0.0312. The van der Waals surface area contributed by atoms with Crippen molar-refractivity contribution in [3.8, 4) is 5.88 Å². The van der Waals surface area contributed by atoms with Gasteiger partial charge in [0.1, 0.15) is 5.52 Å². The average molecular weight is 348 g/mol. The number of nitrogens with two attached hydrogens (primary N) is 1. The molecular formula is C14H16N6O3S. The lowest BCUT2D eigenvalue weighted by atomic mass is 10.3. The highest BCUT2D eigenvalue weighted by Gasteiger charge is 2.12. The minimum Gasteiger partial charge on any atom is -0.476 e. The lowest BCUT2D eigenvalue weighted by molar-refractivity contribution is 0.309. The Hall–Kier alpha value is -2.72. The van der Waals surface area contributed by atoms with Gasteiger partial charge in [-0.1, -0.05) is 6.92 Å². The molecule has 0 bridgehead atoms. The molecule has 9 nitrogen and oxygen atoms in total. The van der Waals surface area contributed by atoms with Crippen molar-refractivity contribution in [2.24, 2.45) is 5.14 Å². The fraction of sp³-hybridized carbons (Fsp3) is 0.214. The minimum atomic E-state index is -3.72. The second-order valence-corrected chi connectivity index (χ2v) is 6.56. The highest BCUT2D eigenvalue weighted by molar-refractivity contribution is 7.89. The van der Waals surface area contributed by atoms with Crippen molar-refractivity contribution < 1.29 is 13.2 Å². The largest absolute Gasteiger partial charge is 0.476 e. The number of nitrogens with one attached hydrogen (secondary N) is 2. The van der Waals surface area contributed by atoms with E-state index in [0.717, 1.165) is 6.42 Å². The Morgan fingerprint density at radius 1 is 1.25 bits per heavy atom. The molecule has 0 saturated heterocycles. The maximum absolute atomic E-state index is 11.3. The molecule has 3 rings (SSSR count). The van der Waals surface area contributed by atoms with Crippen LogP contribution in [0, 0.1) is 0 Å². The molecule has 3 aromatic rings. The van der Waals surface area contributed by atoms with E-state index in [1.807, 2.05) is 6.92 Å². The third-order valence-corrected chi connectivity index (χ3v) is 4.06. The van der Waals surface area contributed by atoms with Gasteiger partial charge in [0.2, 0.25) is 21.9 Å². The van der Waals surface area contributed by atoms with Crippen LogP contribution < -0.4 is 15.2 Å². The zero-order valence-corrected chi connectivity index (χ0v) is 13.7. The van der Waals surface area contributed by atoms with Crippen LogP contribution in [0.1, 0.15) is 13.3 Å². The van der Waals surface area contributed by atoms with E-state index < -0.39 is 10.0 Å². The quantitative estimate of drug-likeness (QED) is 0.614. The number of benzene rings is 1. The Kier molecular flexibility index (Phi) is 4.32. The van der Waals surface area contributed by atoms with Crippen molar-refractivity contribution >= 4 is 32.8 Å². The summed E-state index contributed by atoms with van der Waals surface area (Å²) in [5.74, 6) is 0.701. The SMILES string of the molecule is CCCOc1nc(Nc2ccc(S(N)(=O)=O)cc2)nc2nc[nH]c12. The third-order valence-electron chi connectivity index (χ3n) is 3.13. The number of H-pyrrole nitrogens is 1. The number of ether oxygens (including phenoxy) is 1. The van der Waals surface area contributed by atoms with Crippen LogP contribution in [0.25, 0.3) is 11.2 Å². The molecule has 0 atom stereocenters. The van der Waals surface area contributed by atoms with Crippen LogP contribution >= 0.6 is 0 Å². The van der Waals surface area contributed by atoms with Gasteiger partial charge in [0.15, 0.2) is 5.65 Å². The van der Waals surface area contributed by atoms with E-state index in [1.54, 1.807) is 12.1 Å². The summed E-state index contributed by atoms with van der Waals surface area (Å²) in [6.45, 7) is 2.52. The second-order valence-electron chi connectivity index (χ2n) is 5.00. The summed E-state index contributed by atoms with van der Waals surface area (Å²) in [5.41, 5.74) is 1.71. The molecule has 0 aliphatic rings. The molecule has 24 heavy (non-hydrogen) atoms. The van der Waals surface area contributed by atoms with E-state index in [1.165, 1.54) is 18.5 Å². The highest BCUT2D eigenvalue weighted by Crippen LogP contribution is 2.23. The highest BCUT2D eigenvalue weighted by atomic mass is 32.2. The van der Waals surface area contributed by atoms with E-state index >= 15 is 0 Å². The van der Waals surface area contributed by atoms with Crippen LogP contribution in [0.15, 0.2) is 35.5 Å². The van der Waals surface area contributed by atoms with Crippen LogP contribution in [-0.4, -0.2) is 35.0 Å².